The van der Waals surface area contributed by atoms with Crippen molar-refractivity contribution < 1.29 is 37.8 Å². The lowest BCUT2D eigenvalue weighted by molar-refractivity contribution is 0.0949. The molecule has 0 aliphatic rings. The van der Waals surface area contributed by atoms with Crippen molar-refractivity contribution in [1.82, 2.24) is 10.2 Å². The minimum absolute atomic E-state index is 0.0522. The molecule has 2 rings (SSSR count). The Hall–Kier alpha value is -2.53. The average Bonchev–Trinajstić information content (AvgIpc) is 2.98. The molecule has 0 spiro atoms. The van der Waals surface area contributed by atoms with E-state index in [0.29, 0.717) is 25.8 Å². The third-order valence-electron chi connectivity index (χ3n) is 6.74. The Bertz CT molecular complexity index is 1090. The Morgan fingerprint density at radius 1 is 0.814 bits per heavy atom. The number of alkyl carbamates (subject to hydrolysis) is 1. The monoisotopic (exact) mass is 650 g/mol. The molecule has 0 aromatic heterocycles. The number of aliphatic hydroxyl groups excluding tert-OH is 1. The minimum atomic E-state index is -2.42. The molecular weight excluding hydrogens is 601 g/mol. The van der Waals surface area contributed by atoms with E-state index in [1.807, 2.05) is 86.9 Å². The number of hydrogen-bond acceptors (Lipinski definition) is 8. The highest BCUT2D eigenvalue weighted by molar-refractivity contribution is 6.75. The van der Waals surface area contributed by atoms with Crippen molar-refractivity contribution in [2.75, 3.05) is 38.7 Å². The van der Waals surface area contributed by atoms with Crippen LogP contribution >= 0.6 is 0 Å². The Kier molecular flexibility index (Phi) is 15.6. The lowest BCUT2D eigenvalue weighted by Crippen LogP contribution is -2.45. The first kappa shape index (κ1) is 36.7. The molecular formula is C30H50N2O8Si3. The van der Waals surface area contributed by atoms with Crippen LogP contribution in [0.15, 0.2) is 60.7 Å². The molecule has 0 saturated heterocycles. The van der Waals surface area contributed by atoms with Gasteiger partial charge in [-0.25, -0.2) is 9.59 Å². The Balaban J connectivity index is 1.97. The van der Waals surface area contributed by atoms with Crippen molar-refractivity contribution in [1.29, 1.82) is 0 Å². The van der Waals surface area contributed by atoms with Gasteiger partial charge in [0.05, 0.1) is 12.5 Å². The summed E-state index contributed by atoms with van der Waals surface area (Å²) in [6.07, 6.45) is 0.0383. The van der Waals surface area contributed by atoms with Gasteiger partial charge in [0.25, 0.3) is 0 Å². The van der Waals surface area contributed by atoms with Crippen molar-refractivity contribution in [3.8, 4) is 0 Å². The van der Waals surface area contributed by atoms with E-state index in [2.05, 4.69) is 11.9 Å². The van der Waals surface area contributed by atoms with E-state index in [-0.39, 0.29) is 32.5 Å². The normalized spacial score (nSPS) is 13.2. The number of carbonyl (C=O) groups excluding carboxylic acids is 2. The fraction of sp³-hybridized carbons (Fsp3) is 0.533. The highest BCUT2D eigenvalue weighted by Crippen LogP contribution is 2.22. The number of nitrogens with zero attached hydrogens (tertiary/aromatic N) is 1. The first-order valence-electron chi connectivity index (χ1n) is 14.8. The molecule has 2 aromatic carbocycles. The van der Waals surface area contributed by atoms with Gasteiger partial charge in [-0.1, -0.05) is 60.7 Å². The standard InChI is InChI=1S/C30H50N2O8Si3/c1-41(2,36)26-40-43(5,22-20-39-42(3,4)25-33)21-12-18-32(30(35)38-24-28-15-10-7-11-16-28)19-17-31-29(34)37-23-27-13-8-6-9-14-27/h6-11,13-16,33,36H,12,17-26H2,1-5H3,(H,31,34). The number of amides is 2. The predicted molar refractivity (Wildman–Crippen MR) is 175 cm³/mol. The molecule has 2 aromatic rings. The first-order valence-corrected chi connectivity index (χ1v) is 23.9. The molecule has 3 N–H and O–H groups in total. The Morgan fingerprint density at radius 2 is 1.40 bits per heavy atom. The van der Waals surface area contributed by atoms with Crippen LogP contribution in [-0.2, 0) is 31.5 Å². The zero-order chi connectivity index (χ0) is 31.8. The van der Waals surface area contributed by atoms with Gasteiger partial charge in [-0.2, -0.15) is 0 Å². The fourth-order valence-electron chi connectivity index (χ4n) is 4.02. The SMILES string of the molecule is C[Si](C)(O)CO[Si](C)(CCCN(CCNC(=O)OCc1ccccc1)C(=O)OCc1ccccc1)CCO[Si](C)(C)CO. The molecule has 0 radical (unpaired) electrons. The van der Waals surface area contributed by atoms with Gasteiger partial charge in [0.2, 0.25) is 16.6 Å². The maximum atomic E-state index is 13.1. The van der Waals surface area contributed by atoms with Crippen LogP contribution in [0.25, 0.3) is 0 Å². The Labute approximate surface area is 259 Å². The zero-order valence-corrected chi connectivity index (χ0v) is 29.3. The second-order valence-electron chi connectivity index (χ2n) is 12.2. The van der Waals surface area contributed by atoms with Crippen LogP contribution in [0, 0.1) is 0 Å². The fourth-order valence-corrected chi connectivity index (χ4v) is 9.76. The molecule has 0 saturated carbocycles. The van der Waals surface area contributed by atoms with Gasteiger partial charge in [0.15, 0.2) is 8.32 Å². The molecule has 0 bridgehead atoms. The highest BCUT2D eigenvalue weighted by Gasteiger charge is 2.33. The van der Waals surface area contributed by atoms with E-state index in [1.165, 1.54) is 0 Å². The summed E-state index contributed by atoms with van der Waals surface area (Å²) < 4.78 is 23.3. The quantitative estimate of drug-likeness (QED) is 0.181. The van der Waals surface area contributed by atoms with Crippen LogP contribution in [0.4, 0.5) is 9.59 Å². The minimum Gasteiger partial charge on any atom is -0.445 e. The topological polar surface area (TPSA) is 127 Å². The van der Waals surface area contributed by atoms with E-state index in [0.717, 1.165) is 23.2 Å². The van der Waals surface area contributed by atoms with Gasteiger partial charge >= 0.3 is 12.2 Å². The predicted octanol–water partition coefficient (Wildman–Crippen LogP) is 5.02. The second-order valence-corrected chi connectivity index (χ2v) is 24.4. The van der Waals surface area contributed by atoms with Crippen LogP contribution in [0.3, 0.4) is 0 Å². The number of rotatable bonds is 19. The second kappa shape index (κ2) is 18.3. The van der Waals surface area contributed by atoms with Crippen LogP contribution in [0.5, 0.6) is 0 Å². The van der Waals surface area contributed by atoms with Crippen molar-refractivity contribution in [3.05, 3.63) is 71.8 Å². The number of ether oxygens (including phenoxy) is 2. The largest absolute Gasteiger partial charge is 0.445 e. The van der Waals surface area contributed by atoms with E-state index < -0.39 is 37.1 Å². The van der Waals surface area contributed by atoms with Crippen molar-refractivity contribution in [2.24, 2.45) is 0 Å². The smallest absolute Gasteiger partial charge is 0.410 e. The molecule has 13 heteroatoms. The van der Waals surface area contributed by atoms with Gasteiger partial charge in [0.1, 0.15) is 13.2 Å². The molecule has 10 nitrogen and oxygen atoms in total. The summed E-state index contributed by atoms with van der Waals surface area (Å²) in [6.45, 7) is 11.5. The van der Waals surface area contributed by atoms with E-state index in [9.17, 15) is 19.5 Å². The van der Waals surface area contributed by atoms with Crippen LogP contribution in [-0.4, -0.2) is 90.6 Å². The van der Waals surface area contributed by atoms with Crippen molar-refractivity contribution >= 4 is 37.1 Å². The molecule has 2 amide bonds. The lowest BCUT2D eigenvalue weighted by atomic mass is 10.2. The van der Waals surface area contributed by atoms with Crippen molar-refractivity contribution in [3.63, 3.8) is 0 Å². The highest BCUT2D eigenvalue weighted by atomic mass is 28.4. The van der Waals surface area contributed by atoms with E-state index in [4.69, 9.17) is 18.3 Å². The number of carbonyl (C=O) groups is 2. The number of hydrogen-bond donors (Lipinski definition) is 3. The summed E-state index contributed by atoms with van der Waals surface area (Å²) in [7, 11) is -6.86. The number of nitrogens with one attached hydrogen (secondary N) is 1. The lowest BCUT2D eigenvalue weighted by Gasteiger charge is -2.32. The first-order chi connectivity index (χ1) is 20.3. The van der Waals surface area contributed by atoms with Gasteiger partial charge in [0, 0.05) is 26.2 Å². The van der Waals surface area contributed by atoms with Crippen molar-refractivity contribution in [2.45, 2.75) is 64.5 Å². The summed E-state index contributed by atoms with van der Waals surface area (Å²) >= 11 is 0. The van der Waals surface area contributed by atoms with Gasteiger partial charge in [-0.05, 0) is 62.4 Å². The maximum absolute atomic E-state index is 13.1. The maximum Gasteiger partial charge on any atom is 0.410 e. The van der Waals surface area contributed by atoms with Crippen LogP contribution in [0.2, 0.25) is 44.8 Å². The molecule has 0 heterocycles. The van der Waals surface area contributed by atoms with E-state index in [1.54, 1.807) is 4.90 Å². The summed E-state index contributed by atoms with van der Waals surface area (Å²) in [5.41, 5.74) is 1.77. The number of benzene rings is 2. The van der Waals surface area contributed by atoms with Gasteiger partial charge < -0.3 is 38.4 Å². The Morgan fingerprint density at radius 3 is 1.95 bits per heavy atom. The summed E-state index contributed by atoms with van der Waals surface area (Å²) in [5, 5.41) is 12.3. The zero-order valence-electron chi connectivity index (χ0n) is 26.3. The third kappa shape index (κ3) is 16.2. The summed E-state index contributed by atoms with van der Waals surface area (Å²) in [6, 6.07) is 20.4. The van der Waals surface area contributed by atoms with Crippen LogP contribution in [0.1, 0.15) is 17.5 Å². The molecule has 240 valence electrons. The number of aliphatic hydroxyl groups is 1. The molecule has 1 atom stereocenters. The third-order valence-corrected chi connectivity index (χ3v) is 13.1. The summed E-state index contributed by atoms with van der Waals surface area (Å²) in [5.74, 6) is 0. The molecule has 0 aliphatic heterocycles. The molecule has 43 heavy (non-hydrogen) atoms. The molecule has 0 aliphatic carbocycles. The average molecular weight is 651 g/mol. The van der Waals surface area contributed by atoms with Gasteiger partial charge in [-0.3, -0.25) is 0 Å². The molecule has 1 unspecified atom stereocenters. The van der Waals surface area contributed by atoms with Crippen LogP contribution < -0.4 is 5.32 Å². The van der Waals surface area contributed by atoms with Gasteiger partial charge in [-0.15, -0.1) is 0 Å². The summed E-state index contributed by atoms with van der Waals surface area (Å²) in [4.78, 5) is 37.4. The van der Waals surface area contributed by atoms with E-state index >= 15 is 0 Å². The molecule has 0 fully saturated rings.